The number of nitrogens with one attached hydrogen (secondary N) is 1. The third-order valence-electron chi connectivity index (χ3n) is 5.90. The molecular weight excluding hydrogens is 518 g/mol. The van der Waals surface area contributed by atoms with Crippen molar-refractivity contribution in [1.29, 1.82) is 0 Å². The number of aromatic nitrogens is 6. The van der Waals surface area contributed by atoms with Gasteiger partial charge in [0.1, 0.15) is 23.0 Å². The minimum absolute atomic E-state index is 0.0459. The van der Waals surface area contributed by atoms with Crippen LogP contribution in [-0.2, 0) is 10.0 Å². The maximum atomic E-state index is 13.5. The van der Waals surface area contributed by atoms with Crippen molar-refractivity contribution >= 4 is 27.6 Å². The van der Waals surface area contributed by atoms with Crippen LogP contribution < -0.4 is 14.2 Å². The Morgan fingerprint density at radius 1 is 1.00 bits per heavy atom. The van der Waals surface area contributed by atoms with Gasteiger partial charge in [-0.25, -0.2) is 18.4 Å². The van der Waals surface area contributed by atoms with E-state index in [1.807, 2.05) is 13.0 Å². The molecule has 2 atom stereocenters. The van der Waals surface area contributed by atoms with Crippen molar-refractivity contribution in [2.45, 2.75) is 31.9 Å². The average Bonchev–Trinajstić information content (AvgIpc) is 3.29. The molecule has 1 N–H and O–H groups in total. The van der Waals surface area contributed by atoms with Crippen molar-refractivity contribution in [2.24, 2.45) is 0 Å². The highest BCUT2D eigenvalue weighted by Crippen LogP contribution is 2.38. The molecule has 3 heterocycles. The van der Waals surface area contributed by atoms with Crippen LogP contribution in [0.1, 0.15) is 31.2 Å². The molecule has 0 fully saturated rings. The largest absolute Gasteiger partial charge is 0.494 e. The number of anilines is 1. The summed E-state index contributed by atoms with van der Waals surface area (Å²) in [7, 11) is -0.981. The Morgan fingerprint density at radius 2 is 1.65 bits per heavy atom. The lowest BCUT2D eigenvalue weighted by atomic mass is 10.1. The lowest BCUT2D eigenvalue weighted by Crippen LogP contribution is -2.31. The molecule has 194 valence electrons. The van der Waals surface area contributed by atoms with Crippen LogP contribution in [0.2, 0.25) is 5.02 Å². The second kappa shape index (κ2) is 10.7. The number of sulfonamides is 1. The van der Waals surface area contributed by atoms with E-state index >= 15 is 0 Å². The molecule has 11 nitrogen and oxygen atoms in total. The van der Waals surface area contributed by atoms with Gasteiger partial charge in [0.05, 0.1) is 24.5 Å². The van der Waals surface area contributed by atoms with E-state index in [1.165, 1.54) is 26.6 Å². The number of methoxy groups -OCH3 is 2. The number of para-hydroxylation sites is 1. The maximum absolute atomic E-state index is 13.5. The summed E-state index contributed by atoms with van der Waals surface area (Å²) in [6.45, 7) is 5.19. The molecule has 0 spiro atoms. The molecule has 4 rings (SSSR count). The van der Waals surface area contributed by atoms with E-state index in [0.29, 0.717) is 39.4 Å². The first-order valence-corrected chi connectivity index (χ1v) is 13.2. The van der Waals surface area contributed by atoms with E-state index in [2.05, 4.69) is 29.9 Å². The van der Waals surface area contributed by atoms with Crippen LogP contribution in [0.4, 0.5) is 5.95 Å². The summed E-state index contributed by atoms with van der Waals surface area (Å²) >= 11 is 5.88. The highest BCUT2D eigenvalue weighted by molar-refractivity contribution is 7.93. The van der Waals surface area contributed by atoms with E-state index in [9.17, 15) is 8.42 Å². The number of hydrogen-bond acceptors (Lipinski definition) is 9. The predicted molar refractivity (Wildman–Crippen MR) is 140 cm³/mol. The predicted octanol–water partition coefficient (Wildman–Crippen LogP) is 4.03. The van der Waals surface area contributed by atoms with Crippen molar-refractivity contribution in [3.8, 4) is 28.6 Å². The topological polar surface area (TPSA) is 134 Å². The van der Waals surface area contributed by atoms with Crippen molar-refractivity contribution < 1.29 is 17.9 Å². The van der Waals surface area contributed by atoms with Gasteiger partial charge in [-0.05, 0) is 37.6 Å². The molecular formula is C24H26ClN7O4S. The van der Waals surface area contributed by atoms with E-state index in [4.69, 9.17) is 21.1 Å². The molecule has 0 radical (unpaired) electrons. The molecule has 37 heavy (non-hydrogen) atoms. The lowest BCUT2D eigenvalue weighted by molar-refractivity contribution is 0.391. The van der Waals surface area contributed by atoms with Crippen LogP contribution in [0.3, 0.4) is 0 Å². The number of hydrogen-bond donors (Lipinski definition) is 1. The Balaban J connectivity index is 1.83. The number of halogens is 1. The van der Waals surface area contributed by atoms with Crippen LogP contribution in [0, 0.1) is 6.92 Å². The first-order valence-electron chi connectivity index (χ1n) is 11.2. The Morgan fingerprint density at radius 3 is 2.24 bits per heavy atom. The summed E-state index contributed by atoms with van der Waals surface area (Å²) in [5.74, 6) is 0.956. The van der Waals surface area contributed by atoms with E-state index in [0.717, 1.165) is 5.56 Å². The third-order valence-corrected chi connectivity index (χ3v) is 7.95. The molecule has 4 aromatic rings. The van der Waals surface area contributed by atoms with Gasteiger partial charge in [0.25, 0.3) is 0 Å². The normalized spacial score (nSPS) is 13.1. The van der Waals surface area contributed by atoms with E-state index in [1.54, 1.807) is 49.0 Å². The van der Waals surface area contributed by atoms with Crippen LogP contribution in [0.5, 0.6) is 11.5 Å². The second-order valence-electron chi connectivity index (χ2n) is 8.35. The van der Waals surface area contributed by atoms with Crippen molar-refractivity contribution in [1.82, 2.24) is 29.7 Å². The Labute approximate surface area is 219 Å². The molecule has 0 aliphatic heterocycles. The summed E-state index contributed by atoms with van der Waals surface area (Å²) in [6.07, 6.45) is 6.19. The molecule has 1 aromatic carbocycles. The van der Waals surface area contributed by atoms with Gasteiger partial charge in [-0.3, -0.25) is 14.3 Å². The zero-order valence-corrected chi connectivity index (χ0v) is 22.4. The van der Waals surface area contributed by atoms with Gasteiger partial charge in [-0.15, -0.1) is 10.2 Å². The van der Waals surface area contributed by atoms with Crippen molar-refractivity contribution in [2.75, 3.05) is 18.9 Å². The maximum Gasteiger partial charge on any atom is 0.243 e. The zero-order chi connectivity index (χ0) is 26.7. The third kappa shape index (κ3) is 5.35. The molecule has 0 saturated carbocycles. The van der Waals surface area contributed by atoms with Crippen LogP contribution in [-0.4, -0.2) is 57.6 Å². The van der Waals surface area contributed by atoms with Gasteiger partial charge < -0.3 is 9.47 Å². The number of benzene rings is 1. The summed E-state index contributed by atoms with van der Waals surface area (Å²) in [6, 6.07) is 7.10. The molecule has 0 aliphatic carbocycles. The first kappa shape index (κ1) is 26.3. The SMILES string of the molecule is COc1cccc(OC)c1-n1c(NS(=O)(=O)[C@H](C)[C@@H](C)c2ncc(Cl)cn2)nnc1-c1cncc(C)c1. The molecule has 0 saturated heterocycles. The number of rotatable bonds is 9. The van der Waals surface area contributed by atoms with Gasteiger partial charge in [0.2, 0.25) is 16.0 Å². The average molecular weight is 544 g/mol. The van der Waals surface area contributed by atoms with Gasteiger partial charge >= 0.3 is 0 Å². The minimum Gasteiger partial charge on any atom is -0.494 e. The molecule has 0 unspecified atom stereocenters. The lowest BCUT2D eigenvalue weighted by Gasteiger charge is -2.21. The molecule has 3 aromatic heterocycles. The van der Waals surface area contributed by atoms with Gasteiger partial charge in [0, 0.05) is 36.3 Å². The Hall–Kier alpha value is -3.77. The van der Waals surface area contributed by atoms with E-state index < -0.39 is 21.2 Å². The number of ether oxygens (including phenoxy) is 2. The van der Waals surface area contributed by atoms with Crippen LogP contribution >= 0.6 is 11.6 Å². The number of nitrogens with zero attached hydrogens (tertiary/aromatic N) is 6. The zero-order valence-electron chi connectivity index (χ0n) is 20.9. The first-order chi connectivity index (χ1) is 17.7. The standard InChI is InChI=1S/C24H26ClN7O4S/c1-14-9-17(11-26-10-14)23-29-30-24(32(23)21-19(35-4)7-6-8-20(21)36-5)31-37(33,34)16(3)15(2)22-27-12-18(25)13-28-22/h6-13,15-16H,1-5H3,(H,30,31)/t15-,16-/m1/s1. The van der Waals surface area contributed by atoms with E-state index in [-0.39, 0.29) is 5.95 Å². The van der Waals surface area contributed by atoms with Gasteiger partial charge in [-0.2, -0.15) is 0 Å². The fraction of sp³-hybridized carbons (Fsp3) is 0.292. The summed E-state index contributed by atoms with van der Waals surface area (Å²) in [5, 5.41) is 7.94. The second-order valence-corrected chi connectivity index (χ2v) is 10.8. The molecule has 0 amide bonds. The molecule has 0 aliphatic rings. The quantitative estimate of drug-likeness (QED) is 0.332. The van der Waals surface area contributed by atoms with Crippen LogP contribution in [0.15, 0.2) is 49.1 Å². The smallest absolute Gasteiger partial charge is 0.243 e. The Bertz CT molecular complexity index is 1490. The monoisotopic (exact) mass is 543 g/mol. The summed E-state index contributed by atoms with van der Waals surface area (Å²) in [5.41, 5.74) is 1.95. The van der Waals surface area contributed by atoms with Crippen molar-refractivity contribution in [3.05, 3.63) is 65.5 Å². The Kier molecular flexibility index (Phi) is 7.60. The van der Waals surface area contributed by atoms with Crippen LogP contribution in [0.25, 0.3) is 17.1 Å². The highest BCUT2D eigenvalue weighted by Gasteiger charge is 2.32. The summed E-state index contributed by atoms with van der Waals surface area (Å²) in [4.78, 5) is 12.6. The summed E-state index contributed by atoms with van der Waals surface area (Å²) < 4.78 is 42.4. The minimum atomic E-state index is -4.00. The van der Waals surface area contributed by atoms with Gasteiger partial charge in [0.15, 0.2) is 5.82 Å². The number of aryl methyl sites for hydroxylation is 1. The van der Waals surface area contributed by atoms with Crippen molar-refractivity contribution in [3.63, 3.8) is 0 Å². The van der Waals surface area contributed by atoms with Gasteiger partial charge in [-0.1, -0.05) is 24.6 Å². The fourth-order valence-corrected chi connectivity index (χ4v) is 5.06. The fourth-order valence-electron chi connectivity index (χ4n) is 3.73. The molecule has 0 bridgehead atoms. The molecule has 13 heteroatoms. The highest BCUT2D eigenvalue weighted by atomic mass is 35.5. The number of pyridine rings is 1.